The predicted octanol–water partition coefficient (Wildman–Crippen LogP) is 1.96. The first-order valence-corrected chi connectivity index (χ1v) is 10.6. The van der Waals surface area contributed by atoms with Crippen molar-refractivity contribution in [3.05, 3.63) is 41.3 Å². The fourth-order valence-electron chi connectivity index (χ4n) is 2.84. The van der Waals surface area contributed by atoms with Gasteiger partial charge in [0, 0.05) is 11.4 Å². The van der Waals surface area contributed by atoms with Crippen LogP contribution in [-0.4, -0.2) is 39.0 Å². The van der Waals surface area contributed by atoms with Gasteiger partial charge in [0.15, 0.2) is 6.61 Å². The van der Waals surface area contributed by atoms with Crippen molar-refractivity contribution in [3.8, 4) is 0 Å². The third-order valence-corrected chi connectivity index (χ3v) is 5.43. The molecular formula is C19H26N2O5S. The summed E-state index contributed by atoms with van der Waals surface area (Å²) in [7, 11) is -3.82. The summed E-state index contributed by atoms with van der Waals surface area (Å²) in [6.07, 6.45) is 6.64. The van der Waals surface area contributed by atoms with E-state index in [-0.39, 0.29) is 11.9 Å². The lowest BCUT2D eigenvalue weighted by Crippen LogP contribution is -2.42. The molecule has 1 saturated carbocycles. The first kappa shape index (κ1) is 21.1. The molecule has 0 spiro atoms. The van der Waals surface area contributed by atoms with Crippen molar-refractivity contribution in [2.24, 2.45) is 0 Å². The minimum atomic E-state index is -3.82. The molecule has 0 saturated heterocycles. The van der Waals surface area contributed by atoms with Gasteiger partial charge in [-0.3, -0.25) is 9.59 Å². The third-order valence-electron chi connectivity index (χ3n) is 4.25. The zero-order valence-corrected chi connectivity index (χ0v) is 16.2. The van der Waals surface area contributed by atoms with E-state index in [1.807, 2.05) is 6.07 Å². The van der Waals surface area contributed by atoms with Crippen LogP contribution in [0.4, 0.5) is 0 Å². The van der Waals surface area contributed by atoms with Crippen molar-refractivity contribution < 1.29 is 22.7 Å². The molecule has 0 bridgehead atoms. The van der Waals surface area contributed by atoms with E-state index in [0.717, 1.165) is 36.7 Å². The van der Waals surface area contributed by atoms with Gasteiger partial charge in [-0.05, 0) is 31.4 Å². The number of hydrogen-bond donors (Lipinski definition) is 2. The molecule has 1 aliphatic rings. The smallest absolute Gasteiger partial charge is 0.324 e. The van der Waals surface area contributed by atoms with Gasteiger partial charge in [0.1, 0.15) is 6.04 Å². The summed E-state index contributed by atoms with van der Waals surface area (Å²) < 4.78 is 31.2. The average molecular weight is 394 g/mol. The molecule has 0 radical (unpaired) electrons. The van der Waals surface area contributed by atoms with E-state index in [4.69, 9.17) is 4.74 Å². The molecule has 1 fully saturated rings. The Bertz CT molecular complexity index is 756. The molecule has 1 atom stereocenters. The van der Waals surface area contributed by atoms with Crippen LogP contribution in [0.2, 0.25) is 0 Å². The maximum absolute atomic E-state index is 12.0. The molecule has 148 valence electrons. The van der Waals surface area contributed by atoms with Crippen LogP contribution in [0.3, 0.4) is 0 Å². The monoisotopic (exact) mass is 394 g/mol. The predicted molar refractivity (Wildman–Crippen MR) is 103 cm³/mol. The van der Waals surface area contributed by atoms with Crippen molar-refractivity contribution in [2.45, 2.75) is 51.1 Å². The lowest BCUT2D eigenvalue weighted by Gasteiger charge is -2.22. The van der Waals surface area contributed by atoms with Crippen LogP contribution < -0.4 is 10.0 Å². The summed E-state index contributed by atoms with van der Waals surface area (Å²) in [6.45, 7) is 0.955. The standard InChI is InChI=1S/C19H26N2O5S/c1-15(21-27(24,25)13-12-16-8-4-2-5-9-16)19(23)26-14-18(22)20-17-10-6-3-7-11-17/h2,4-5,8-9,12-13,15,17,21H,3,6-7,10-11,14H2,1H3,(H,20,22)/b13-12+/t15-/m0/s1. The number of sulfonamides is 1. The number of esters is 1. The average Bonchev–Trinajstić information content (AvgIpc) is 2.66. The lowest BCUT2D eigenvalue weighted by atomic mass is 9.95. The SMILES string of the molecule is C[C@H](NS(=O)(=O)/C=C/c1ccccc1)C(=O)OCC(=O)NC1CCCCC1. The Morgan fingerprint density at radius 1 is 1.19 bits per heavy atom. The van der Waals surface area contributed by atoms with Crippen LogP contribution in [-0.2, 0) is 24.3 Å². The fraction of sp³-hybridized carbons (Fsp3) is 0.474. The molecule has 0 aromatic heterocycles. The fourth-order valence-corrected chi connectivity index (χ4v) is 3.85. The van der Waals surface area contributed by atoms with E-state index < -0.39 is 28.6 Å². The first-order valence-electron chi connectivity index (χ1n) is 9.07. The topological polar surface area (TPSA) is 102 Å². The minimum Gasteiger partial charge on any atom is -0.454 e. The number of benzene rings is 1. The maximum Gasteiger partial charge on any atom is 0.324 e. The largest absolute Gasteiger partial charge is 0.454 e. The van der Waals surface area contributed by atoms with Crippen LogP contribution in [0.15, 0.2) is 35.7 Å². The first-order chi connectivity index (χ1) is 12.9. The van der Waals surface area contributed by atoms with Gasteiger partial charge in [-0.1, -0.05) is 49.6 Å². The second-order valence-corrected chi connectivity index (χ2v) is 8.21. The van der Waals surface area contributed by atoms with Gasteiger partial charge < -0.3 is 10.1 Å². The molecule has 2 rings (SSSR count). The van der Waals surface area contributed by atoms with Gasteiger partial charge in [0.2, 0.25) is 10.0 Å². The molecule has 1 aromatic rings. The Morgan fingerprint density at radius 2 is 1.85 bits per heavy atom. The van der Waals surface area contributed by atoms with Crippen molar-refractivity contribution in [2.75, 3.05) is 6.61 Å². The second kappa shape index (κ2) is 10.2. The summed E-state index contributed by atoms with van der Waals surface area (Å²) in [6, 6.07) is 7.95. The number of rotatable bonds is 8. The highest BCUT2D eigenvalue weighted by Crippen LogP contribution is 2.17. The van der Waals surface area contributed by atoms with Crippen LogP contribution in [0.1, 0.15) is 44.6 Å². The van der Waals surface area contributed by atoms with Crippen LogP contribution in [0.25, 0.3) is 6.08 Å². The number of ether oxygens (including phenoxy) is 1. The lowest BCUT2D eigenvalue weighted by molar-refractivity contribution is -0.150. The van der Waals surface area contributed by atoms with E-state index >= 15 is 0 Å². The molecule has 1 aliphatic carbocycles. The Balaban J connectivity index is 1.76. The molecule has 2 N–H and O–H groups in total. The quantitative estimate of drug-likeness (QED) is 0.656. The minimum absolute atomic E-state index is 0.129. The third kappa shape index (κ3) is 7.92. The van der Waals surface area contributed by atoms with E-state index in [0.29, 0.717) is 0 Å². The van der Waals surface area contributed by atoms with Gasteiger partial charge in [-0.25, -0.2) is 8.42 Å². The zero-order valence-electron chi connectivity index (χ0n) is 15.4. The summed E-state index contributed by atoms with van der Waals surface area (Å²) >= 11 is 0. The molecule has 27 heavy (non-hydrogen) atoms. The van der Waals surface area contributed by atoms with Gasteiger partial charge in [-0.15, -0.1) is 0 Å². The summed E-state index contributed by atoms with van der Waals surface area (Å²) in [5.74, 6) is -1.17. The highest BCUT2D eigenvalue weighted by atomic mass is 32.2. The maximum atomic E-state index is 12.0. The molecule has 0 heterocycles. The Kier molecular flexibility index (Phi) is 7.99. The molecule has 0 unspecified atom stereocenters. The number of carbonyl (C=O) groups excluding carboxylic acids is 2. The van der Waals surface area contributed by atoms with Crippen molar-refractivity contribution >= 4 is 28.0 Å². The summed E-state index contributed by atoms with van der Waals surface area (Å²) in [4.78, 5) is 23.8. The molecule has 1 amide bonds. The molecule has 7 nitrogen and oxygen atoms in total. The molecular weight excluding hydrogens is 368 g/mol. The number of nitrogens with one attached hydrogen (secondary N) is 2. The van der Waals surface area contributed by atoms with Gasteiger partial charge in [-0.2, -0.15) is 4.72 Å². The van der Waals surface area contributed by atoms with E-state index in [1.54, 1.807) is 24.3 Å². The highest BCUT2D eigenvalue weighted by Gasteiger charge is 2.21. The molecule has 8 heteroatoms. The number of amides is 1. The van der Waals surface area contributed by atoms with E-state index in [2.05, 4.69) is 10.0 Å². The second-order valence-electron chi connectivity index (χ2n) is 6.61. The van der Waals surface area contributed by atoms with Crippen molar-refractivity contribution in [3.63, 3.8) is 0 Å². The Morgan fingerprint density at radius 3 is 2.52 bits per heavy atom. The summed E-state index contributed by atoms with van der Waals surface area (Å²) in [5.41, 5.74) is 0.720. The highest BCUT2D eigenvalue weighted by molar-refractivity contribution is 7.92. The van der Waals surface area contributed by atoms with E-state index in [1.165, 1.54) is 19.4 Å². The van der Waals surface area contributed by atoms with Gasteiger partial charge in [0.25, 0.3) is 5.91 Å². The van der Waals surface area contributed by atoms with Crippen LogP contribution >= 0.6 is 0 Å². The van der Waals surface area contributed by atoms with Gasteiger partial charge in [0.05, 0.1) is 0 Å². The zero-order chi connectivity index (χ0) is 19.7. The van der Waals surface area contributed by atoms with Crippen LogP contribution in [0, 0.1) is 0 Å². The van der Waals surface area contributed by atoms with Crippen molar-refractivity contribution in [1.29, 1.82) is 0 Å². The molecule has 0 aliphatic heterocycles. The Hall–Kier alpha value is -2.19. The van der Waals surface area contributed by atoms with Gasteiger partial charge >= 0.3 is 5.97 Å². The normalized spacial score (nSPS) is 16.8. The van der Waals surface area contributed by atoms with E-state index in [9.17, 15) is 18.0 Å². The van der Waals surface area contributed by atoms with Crippen molar-refractivity contribution in [1.82, 2.24) is 10.0 Å². The van der Waals surface area contributed by atoms with Crippen LogP contribution in [0.5, 0.6) is 0 Å². The number of hydrogen-bond acceptors (Lipinski definition) is 5. The Labute approximate surface area is 160 Å². The summed E-state index contributed by atoms with van der Waals surface area (Å²) in [5, 5.41) is 3.82. The number of carbonyl (C=O) groups is 2. The molecule has 1 aromatic carbocycles.